The Morgan fingerprint density at radius 1 is 1.14 bits per heavy atom. The summed E-state index contributed by atoms with van der Waals surface area (Å²) < 4.78 is 1.53. The molecule has 0 radical (unpaired) electrons. The number of fused-ring (bicyclic) bond motifs is 1. The first kappa shape index (κ1) is 19.2. The van der Waals surface area contributed by atoms with Crippen molar-refractivity contribution in [2.75, 3.05) is 10.6 Å². The van der Waals surface area contributed by atoms with Crippen LogP contribution in [0.4, 0.5) is 11.6 Å². The van der Waals surface area contributed by atoms with E-state index in [1.165, 1.54) is 16.2 Å². The molecule has 0 unspecified atom stereocenters. The van der Waals surface area contributed by atoms with Crippen LogP contribution < -0.4 is 16.2 Å². The highest BCUT2D eigenvalue weighted by Gasteiger charge is 2.25. The van der Waals surface area contributed by atoms with Gasteiger partial charge < -0.3 is 5.32 Å². The van der Waals surface area contributed by atoms with E-state index in [0.717, 1.165) is 11.3 Å². The van der Waals surface area contributed by atoms with E-state index in [2.05, 4.69) is 41.6 Å². The van der Waals surface area contributed by atoms with Gasteiger partial charge in [0, 0.05) is 22.5 Å². The predicted octanol–water partition coefficient (Wildman–Crippen LogP) is 4.77. The minimum Gasteiger partial charge on any atom is -0.326 e. The summed E-state index contributed by atoms with van der Waals surface area (Å²) in [4.78, 5) is 21.9. The molecule has 2 aromatic carbocycles. The number of aliphatic imine (C=N–C) groups is 1. The first-order valence-electron chi connectivity index (χ1n) is 9.48. The van der Waals surface area contributed by atoms with Crippen LogP contribution in [0.1, 0.15) is 42.8 Å². The van der Waals surface area contributed by atoms with Gasteiger partial charge in [0.25, 0.3) is 5.56 Å². The Balaban J connectivity index is 1.74. The molecular formula is C22H22ClN5O. The van der Waals surface area contributed by atoms with Crippen molar-refractivity contribution in [3.05, 3.63) is 86.8 Å². The molecule has 0 amide bonds. The van der Waals surface area contributed by atoms with Crippen molar-refractivity contribution < 1.29 is 0 Å². The van der Waals surface area contributed by atoms with Gasteiger partial charge in [-0.25, -0.2) is 9.98 Å². The van der Waals surface area contributed by atoms with Crippen molar-refractivity contribution >= 4 is 29.2 Å². The monoisotopic (exact) mass is 407 g/mol. The summed E-state index contributed by atoms with van der Waals surface area (Å²) in [7, 11) is 0. The van der Waals surface area contributed by atoms with Crippen LogP contribution in [-0.2, 0) is 0 Å². The minimum atomic E-state index is -0.567. The van der Waals surface area contributed by atoms with Gasteiger partial charge in [-0.15, -0.1) is 0 Å². The Morgan fingerprint density at radius 3 is 2.59 bits per heavy atom. The molecule has 2 heterocycles. The van der Waals surface area contributed by atoms with E-state index in [-0.39, 0.29) is 5.56 Å². The van der Waals surface area contributed by atoms with E-state index in [4.69, 9.17) is 16.6 Å². The zero-order valence-corrected chi connectivity index (χ0v) is 17.2. The summed E-state index contributed by atoms with van der Waals surface area (Å²) in [6.45, 7) is 6.11. The molecule has 1 aliphatic rings. The normalized spacial score (nSPS) is 15.5. The second-order valence-electron chi connectivity index (χ2n) is 7.36. The third-order valence-corrected chi connectivity index (χ3v) is 5.03. The molecule has 0 bridgehead atoms. The van der Waals surface area contributed by atoms with E-state index in [0.29, 0.717) is 28.5 Å². The summed E-state index contributed by atoms with van der Waals surface area (Å²) in [6, 6.07) is 17.1. The number of anilines is 2. The molecule has 148 valence electrons. The minimum absolute atomic E-state index is 0.172. The molecule has 0 aliphatic carbocycles. The fraction of sp³-hybridized carbons (Fsp3) is 0.227. The largest absolute Gasteiger partial charge is 0.326 e. The van der Waals surface area contributed by atoms with Crippen molar-refractivity contribution in [2.24, 2.45) is 4.99 Å². The number of nitrogens with zero attached hydrogens (tertiary/aromatic N) is 3. The topological polar surface area (TPSA) is 71.3 Å². The number of rotatable bonds is 3. The number of aryl methyl sites for hydroxylation is 1. The molecule has 1 aromatic heterocycles. The van der Waals surface area contributed by atoms with Gasteiger partial charge in [0.1, 0.15) is 0 Å². The molecule has 7 heteroatoms. The zero-order chi connectivity index (χ0) is 20.5. The van der Waals surface area contributed by atoms with Crippen LogP contribution in [0.2, 0.25) is 5.02 Å². The van der Waals surface area contributed by atoms with Gasteiger partial charge >= 0.3 is 0 Å². The summed E-state index contributed by atoms with van der Waals surface area (Å²) in [5.41, 5.74) is 3.44. The van der Waals surface area contributed by atoms with Gasteiger partial charge in [-0.3, -0.25) is 14.7 Å². The number of nitrogens with one attached hydrogen (secondary N) is 2. The maximum Gasteiger partial charge on any atom is 0.257 e. The second kappa shape index (κ2) is 7.72. The lowest BCUT2D eigenvalue weighted by molar-refractivity contribution is 0.577. The number of halogens is 1. The molecule has 6 nitrogen and oxygen atoms in total. The molecule has 0 spiro atoms. The Bertz CT molecular complexity index is 1130. The van der Waals surface area contributed by atoms with E-state index < -0.39 is 6.17 Å². The maximum absolute atomic E-state index is 12.7. The quantitative estimate of drug-likeness (QED) is 0.656. The summed E-state index contributed by atoms with van der Waals surface area (Å²) >= 11 is 6.18. The lowest BCUT2D eigenvalue weighted by Crippen LogP contribution is -2.37. The van der Waals surface area contributed by atoms with E-state index in [9.17, 15) is 4.79 Å². The van der Waals surface area contributed by atoms with Crippen LogP contribution in [0.15, 0.2) is 64.4 Å². The second-order valence-corrected chi connectivity index (χ2v) is 7.80. The Morgan fingerprint density at radius 2 is 1.90 bits per heavy atom. The highest BCUT2D eigenvalue weighted by atomic mass is 35.5. The number of guanidine groups is 1. The Kier molecular flexibility index (Phi) is 5.11. The fourth-order valence-corrected chi connectivity index (χ4v) is 3.49. The van der Waals surface area contributed by atoms with Crippen LogP contribution in [0.25, 0.3) is 0 Å². The van der Waals surface area contributed by atoms with Crippen LogP contribution in [-0.4, -0.2) is 15.5 Å². The average molecular weight is 408 g/mol. The van der Waals surface area contributed by atoms with Gasteiger partial charge in [-0.1, -0.05) is 49.7 Å². The maximum atomic E-state index is 12.7. The summed E-state index contributed by atoms with van der Waals surface area (Å²) in [5, 5.41) is 7.02. The number of aromatic nitrogens is 2. The van der Waals surface area contributed by atoms with Crippen LogP contribution >= 0.6 is 11.6 Å². The third-order valence-electron chi connectivity index (χ3n) is 4.79. The smallest absolute Gasteiger partial charge is 0.257 e. The predicted molar refractivity (Wildman–Crippen MR) is 118 cm³/mol. The summed E-state index contributed by atoms with van der Waals surface area (Å²) in [5.74, 6) is 1.42. The molecular weight excluding hydrogens is 386 g/mol. The molecule has 29 heavy (non-hydrogen) atoms. The van der Waals surface area contributed by atoms with Crippen molar-refractivity contribution in [1.29, 1.82) is 0 Å². The van der Waals surface area contributed by atoms with Gasteiger partial charge in [-0.05, 0) is 48.2 Å². The van der Waals surface area contributed by atoms with Crippen molar-refractivity contribution in [1.82, 2.24) is 9.55 Å². The third kappa shape index (κ3) is 4.03. The van der Waals surface area contributed by atoms with E-state index in [1.54, 1.807) is 13.0 Å². The average Bonchev–Trinajstić information content (AvgIpc) is 2.67. The van der Waals surface area contributed by atoms with Gasteiger partial charge in [-0.2, -0.15) is 0 Å². The molecule has 2 N–H and O–H groups in total. The highest BCUT2D eigenvalue weighted by Crippen LogP contribution is 2.27. The first-order valence-corrected chi connectivity index (χ1v) is 9.86. The number of hydrogen-bond acceptors (Lipinski definition) is 5. The molecule has 0 fully saturated rings. The SMILES string of the molecule is Cc1cc(=O)n2c(n1)NC(Nc1ccc(C(C)C)cc1)=N[C@@H]2c1cccc(Cl)c1. The number of benzene rings is 2. The van der Waals surface area contributed by atoms with Gasteiger partial charge in [0.15, 0.2) is 6.17 Å². The Labute approximate surface area is 174 Å². The van der Waals surface area contributed by atoms with Crippen LogP contribution in [0.3, 0.4) is 0 Å². The van der Waals surface area contributed by atoms with Gasteiger partial charge in [0.2, 0.25) is 11.9 Å². The lowest BCUT2D eigenvalue weighted by Gasteiger charge is -2.27. The first-order chi connectivity index (χ1) is 13.9. The number of hydrogen-bond donors (Lipinski definition) is 2. The fourth-order valence-electron chi connectivity index (χ4n) is 3.29. The highest BCUT2D eigenvalue weighted by molar-refractivity contribution is 6.30. The van der Waals surface area contributed by atoms with Gasteiger partial charge in [0.05, 0.1) is 0 Å². The molecule has 0 saturated heterocycles. The Hall–Kier alpha value is -3.12. The van der Waals surface area contributed by atoms with Crippen molar-refractivity contribution in [2.45, 2.75) is 32.9 Å². The summed E-state index contributed by atoms with van der Waals surface area (Å²) in [6.07, 6.45) is -0.567. The zero-order valence-electron chi connectivity index (χ0n) is 16.5. The van der Waals surface area contributed by atoms with Crippen LogP contribution in [0, 0.1) is 6.92 Å². The van der Waals surface area contributed by atoms with Crippen molar-refractivity contribution in [3.63, 3.8) is 0 Å². The standard InChI is InChI=1S/C22H22ClN5O/c1-13(2)15-7-9-18(10-8-15)25-21-26-20(16-5-4-6-17(23)12-16)28-19(29)11-14(3)24-22(28)27-21/h4-13,20H,1-3H3,(H2,24,25,26,27)/t20-/m0/s1. The molecule has 1 aliphatic heterocycles. The molecule has 3 aromatic rings. The molecule has 0 saturated carbocycles. The van der Waals surface area contributed by atoms with Crippen LogP contribution in [0.5, 0.6) is 0 Å². The van der Waals surface area contributed by atoms with E-state index >= 15 is 0 Å². The lowest BCUT2D eigenvalue weighted by atomic mass is 10.0. The molecule has 1 atom stereocenters. The molecule has 4 rings (SSSR count). The van der Waals surface area contributed by atoms with Crippen molar-refractivity contribution in [3.8, 4) is 0 Å². The van der Waals surface area contributed by atoms with E-state index in [1.807, 2.05) is 30.3 Å².